The van der Waals surface area contributed by atoms with E-state index in [4.69, 9.17) is 9.47 Å². The number of hydrogen-bond acceptors (Lipinski definition) is 5. The van der Waals surface area contributed by atoms with E-state index in [2.05, 4.69) is 31.3 Å². The molecule has 0 bridgehead atoms. The van der Waals surface area contributed by atoms with Gasteiger partial charge in [0.05, 0.1) is 11.8 Å². The van der Waals surface area contributed by atoms with Gasteiger partial charge in [-0.05, 0) is 73.7 Å². The van der Waals surface area contributed by atoms with Gasteiger partial charge in [-0.25, -0.2) is 15.0 Å². The zero-order chi connectivity index (χ0) is 21.7. The van der Waals surface area contributed by atoms with E-state index in [1.54, 1.807) is 57.2 Å². The van der Waals surface area contributed by atoms with Gasteiger partial charge < -0.3 is 9.47 Å². The minimum atomic E-state index is -0.628. The van der Waals surface area contributed by atoms with Gasteiger partial charge >= 0.3 is 12.1 Å². The number of nitrogens with one attached hydrogen (secondary N) is 1. The molecule has 0 atom stereocenters. The smallest absolute Gasteiger partial charge is 0.428 e. The molecule has 1 N–H and O–H groups in total. The van der Waals surface area contributed by atoms with E-state index in [9.17, 15) is 9.59 Å². The van der Waals surface area contributed by atoms with Crippen molar-refractivity contribution in [2.45, 2.75) is 52.6 Å². The van der Waals surface area contributed by atoms with Gasteiger partial charge in [-0.2, -0.15) is 5.10 Å². The summed E-state index contributed by atoms with van der Waals surface area (Å²) in [6.45, 7) is 11.7. The molecule has 0 aliphatic rings. The average Bonchev–Trinajstić information content (AvgIpc) is 2.61. The Labute approximate surface area is 171 Å². The lowest BCUT2D eigenvalue weighted by atomic mass is 9.87. The maximum absolute atomic E-state index is 12.3. The molecule has 0 aromatic heterocycles. The van der Waals surface area contributed by atoms with Gasteiger partial charge in [-0.15, -0.1) is 0 Å². The normalized spacial score (nSPS) is 11.9. The van der Waals surface area contributed by atoms with Crippen LogP contribution in [0, 0.1) is 0 Å². The van der Waals surface area contributed by atoms with Crippen molar-refractivity contribution in [2.75, 3.05) is 0 Å². The third-order valence-corrected chi connectivity index (χ3v) is 3.85. The summed E-state index contributed by atoms with van der Waals surface area (Å²) in [6, 6.07) is 14.2. The Balaban J connectivity index is 1.92. The van der Waals surface area contributed by atoms with E-state index in [1.807, 2.05) is 12.1 Å². The Bertz CT molecular complexity index is 871. The Morgan fingerprint density at radius 1 is 0.897 bits per heavy atom. The van der Waals surface area contributed by atoms with Gasteiger partial charge in [-0.3, -0.25) is 0 Å². The lowest BCUT2D eigenvalue weighted by Crippen LogP contribution is -2.29. The number of hydrogen-bond donors (Lipinski definition) is 1. The summed E-state index contributed by atoms with van der Waals surface area (Å²) < 4.78 is 10.5. The summed E-state index contributed by atoms with van der Waals surface area (Å²) in [5.41, 5.74) is 4.11. The van der Waals surface area contributed by atoms with Crippen molar-refractivity contribution in [3.8, 4) is 5.75 Å². The van der Waals surface area contributed by atoms with Crippen LogP contribution in [0.1, 0.15) is 63.0 Å². The monoisotopic (exact) mass is 396 g/mol. The molecule has 0 spiro atoms. The summed E-state index contributed by atoms with van der Waals surface area (Å²) in [5.74, 6) is 0.00520. The maximum Gasteiger partial charge on any atom is 0.428 e. The fourth-order valence-corrected chi connectivity index (χ4v) is 2.35. The van der Waals surface area contributed by atoms with Gasteiger partial charge in [0.15, 0.2) is 0 Å². The van der Waals surface area contributed by atoms with Crippen LogP contribution in [0.15, 0.2) is 53.6 Å². The second-order valence-corrected chi connectivity index (χ2v) is 8.66. The molecule has 0 saturated carbocycles. The molecule has 0 aliphatic carbocycles. The minimum Gasteiger partial charge on any atom is -0.443 e. The van der Waals surface area contributed by atoms with Crippen LogP contribution in [0.5, 0.6) is 5.75 Å². The first kappa shape index (κ1) is 22.1. The highest BCUT2D eigenvalue weighted by Gasteiger charge is 2.16. The van der Waals surface area contributed by atoms with Crippen LogP contribution in [0.25, 0.3) is 0 Å². The third-order valence-electron chi connectivity index (χ3n) is 3.85. The van der Waals surface area contributed by atoms with Gasteiger partial charge in [0, 0.05) is 0 Å². The number of ether oxygens (including phenoxy) is 2. The summed E-state index contributed by atoms with van der Waals surface area (Å²) in [6.07, 6.45) is 0.845. The zero-order valence-corrected chi connectivity index (χ0v) is 17.8. The molecular formula is C23H28N2O4. The Hall–Kier alpha value is -3.15. The van der Waals surface area contributed by atoms with E-state index in [-0.39, 0.29) is 5.41 Å². The molecule has 0 radical (unpaired) electrons. The maximum atomic E-state index is 12.3. The molecule has 2 aromatic carbocycles. The number of nitrogens with zero attached hydrogens (tertiary/aromatic N) is 1. The fraction of sp³-hybridized carbons (Fsp3) is 0.348. The summed E-state index contributed by atoms with van der Waals surface area (Å²) in [5, 5.41) is 3.83. The van der Waals surface area contributed by atoms with Crippen molar-refractivity contribution in [1.82, 2.24) is 5.43 Å². The molecule has 0 heterocycles. The van der Waals surface area contributed by atoms with Crippen LogP contribution in [-0.2, 0) is 10.2 Å². The first-order valence-corrected chi connectivity index (χ1v) is 9.39. The number of carbonyl (C=O) groups excluding carboxylic acids is 2. The summed E-state index contributed by atoms with van der Waals surface area (Å²) in [7, 11) is 0. The molecular weight excluding hydrogens is 368 g/mol. The Kier molecular flexibility index (Phi) is 6.80. The molecule has 29 heavy (non-hydrogen) atoms. The molecule has 6 nitrogen and oxygen atoms in total. The standard InChI is InChI=1S/C23H28N2O4/c1-22(2,3)18-11-9-17(10-12-18)20(26)28-19-13-7-16(8-14-19)15-24-25-21(27)29-23(4,5)6/h7-15H,1-6H3,(H,25,27). The van der Waals surface area contributed by atoms with E-state index < -0.39 is 17.7 Å². The molecule has 2 aromatic rings. The Morgan fingerprint density at radius 3 is 2.00 bits per heavy atom. The van der Waals surface area contributed by atoms with Gasteiger partial charge in [-0.1, -0.05) is 32.9 Å². The van der Waals surface area contributed by atoms with E-state index in [1.165, 1.54) is 6.21 Å². The molecule has 0 fully saturated rings. The second-order valence-electron chi connectivity index (χ2n) is 8.66. The number of esters is 1. The number of benzene rings is 2. The highest BCUT2D eigenvalue weighted by Crippen LogP contribution is 2.22. The highest BCUT2D eigenvalue weighted by atomic mass is 16.6. The van der Waals surface area contributed by atoms with Crippen molar-refractivity contribution < 1.29 is 19.1 Å². The van der Waals surface area contributed by atoms with Crippen LogP contribution in [0.3, 0.4) is 0 Å². The predicted molar refractivity (Wildman–Crippen MR) is 114 cm³/mol. The van der Waals surface area contributed by atoms with Crippen LogP contribution >= 0.6 is 0 Å². The average molecular weight is 396 g/mol. The molecule has 154 valence electrons. The van der Waals surface area contributed by atoms with Crippen molar-refractivity contribution in [1.29, 1.82) is 0 Å². The number of rotatable bonds is 4. The molecule has 2 rings (SSSR count). The van der Waals surface area contributed by atoms with Gasteiger partial charge in [0.2, 0.25) is 0 Å². The minimum absolute atomic E-state index is 0.0260. The molecule has 0 aliphatic heterocycles. The molecule has 1 amide bonds. The van der Waals surface area contributed by atoms with Crippen molar-refractivity contribution in [3.63, 3.8) is 0 Å². The zero-order valence-electron chi connectivity index (χ0n) is 17.8. The fourth-order valence-electron chi connectivity index (χ4n) is 2.35. The summed E-state index contributed by atoms with van der Waals surface area (Å²) in [4.78, 5) is 23.8. The van der Waals surface area contributed by atoms with Gasteiger partial charge in [0.1, 0.15) is 11.4 Å². The third kappa shape index (κ3) is 7.41. The first-order valence-electron chi connectivity index (χ1n) is 9.39. The quantitative estimate of drug-likeness (QED) is 0.339. The number of carbonyl (C=O) groups is 2. The Morgan fingerprint density at radius 2 is 1.48 bits per heavy atom. The highest BCUT2D eigenvalue weighted by molar-refractivity contribution is 5.91. The van der Waals surface area contributed by atoms with Crippen molar-refractivity contribution in [2.24, 2.45) is 5.10 Å². The van der Waals surface area contributed by atoms with Crippen molar-refractivity contribution >= 4 is 18.3 Å². The van der Waals surface area contributed by atoms with E-state index in [0.29, 0.717) is 11.3 Å². The van der Waals surface area contributed by atoms with Crippen LogP contribution in [0.2, 0.25) is 0 Å². The lowest BCUT2D eigenvalue weighted by molar-refractivity contribution is 0.0529. The van der Waals surface area contributed by atoms with Crippen LogP contribution < -0.4 is 10.2 Å². The second kappa shape index (κ2) is 8.90. The largest absolute Gasteiger partial charge is 0.443 e. The molecule has 0 unspecified atom stereocenters. The summed E-state index contributed by atoms with van der Waals surface area (Å²) >= 11 is 0. The van der Waals surface area contributed by atoms with Gasteiger partial charge in [0.25, 0.3) is 0 Å². The van der Waals surface area contributed by atoms with Crippen molar-refractivity contribution in [3.05, 3.63) is 65.2 Å². The van der Waals surface area contributed by atoms with Crippen LogP contribution in [-0.4, -0.2) is 23.9 Å². The SMILES string of the molecule is CC(C)(C)OC(=O)NN=Cc1ccc(OC(=O)c2ccc(C(C)(C)C)cc2)cc1. The van der Waals surface area contributed by atoms with Crippen LogP contribution in [0.4, 0.5) is 4.79 Å². The molecule has 0 saturated heterocycles. The topological polar surface area (TPSA) is 77.0 Å². The van der Waals surface area contributed by atoms with E-state index >= 15 is 0 Å². The predicted octanol–water partition coefficient (Wildman–Crippen LogP) is 5.06. The number of amides is 1. The molecule has 6 heteroatoms. The number of hydrazone groups is 1. The first-order chi connectivity index (χ1) is 13.4. The van der Waals surface area contributed by atoms with E-state index in [0.717, 1.165) is 11.1 Å². The lowest BCUT2D eigenvalue weighted by Gasteiger charge is -2.18.